The van der Waals surface area contributed by atoms with E-state index in [9.17, 15) is 4.79 Å². The van der Waals surface area contributed by atoms with E-state index >= 15 is 0 Å². The smallest absolute Gasteiger partial charge is 0.253 e. The topological polar surface area (TPSA) is 69.8 Å². The SMILES string of the molecule is Cc1cc(=O)n2c(c1C#N)NNC2C(C)C. The number of nitriles is 1. The Morgan fingerprint density at radius 1 is 1.56 bits per heavy atom. The molecule has 0 bridgehead atoms. The van der Waals surface area contributed by atoms with Crippen molar-refractivity contribution in [3.63, 3.8) is 0 Å². The molecule has 16 heavy (non-hydrogen) atoms. The summed E-state index contributed by atoms with van der Waals surface area (Å²) in [6.07, 6.45) is -0.102. The largest absolute Gasteiger partial charge is 0.304 e. The highest BCUT2D eigenvalue weighted by atomic mass is 16.1. The molecule has 0 aromatic carbocycles. The molecule has 1 aliphatic heterocycles. The average molecular weight is 218 g/mol. The number of pyridine rings is 1. The molecule has 1 aromatic rings. The van der Waals surface area contributed by atoms with Crippen molar-refractivity contribution in [2.24, 2.45) is 5.92 Å². The van der Waals surface area contributed by atoms with E-state index in [0.29, 0.717) is 16.9 Å². The van der Waals surface area contributed by atoms with Gasteiger partial charge in [0.2, 0.25) is 0 Å². The van der Waals surface area contributed by atoms with Crippen molar-refractivity contribution in [2.45, 2.75) is 26.9 Å². The molecular weight excluding hydrogens is 204 g/mol. The zero-order chi connectivity index (χ0) is 11.9. The average Bonchev–Trinajstić information content (AvgIpc) is 2.62. The number of rotatable bonds is 1. The Morgan fingerprint density at radius 2 is 2.25 bits per heavy atom. The molecule has 2 N–H and O–H groups in total. The van der Waals surface area contributed by atoms with Crippen LogP contribution in [0.3, 0.4) is 0 Å². The van der Waals surface area contributed by atoms with Crippen LogP contribution in [0, 0.1) is 24.2 Å². The molecule has 0 saturated heterocycles. The number of hydrogen-bond acceptors (Lipinski definition) is 4. The summed E-state index contributed by atoms with van der Waals surface area (Å²) in [7, 11) is 0. The van der Waals surface area contributed by atoms with Crippen molar-refractivity contribution in [1.82, 2.24) is 9.99 Å². The van der Waals surface area contributed by atoms with Crippen molar-refractivity contribution in [2.75, 3.05) is 5.43 Å². The van der Waals surface area contributed by atoms with Gasteiger partial charge in [-0.25, -0.2) is 5.43 Å². The van der Waals surface area contributed by atoms with Crippen molar-refractivity contribution < 1.29 is 0 Å². The fourth-order valence-corrected chi connectivity index (χ4v) is 1.96. The van der Waals surface area contributed by atoms with Crippen LogP contribution in [0.1, 0.15) is 31.1 Å². The van der Waals surface area contributed by atoms with Gasteiger partial charge < -0.3 is 5.43 Å². The van der Waals surface area contributed by atoms with Gasteiger partial charge in [-0.1, -0.05) is 13.8 Å². The maximum Gasteiger partial charge on any atom is 0.253 e. The molecule has 84 valence electrons. The minimum Gasteiger partial charge on any atom is -0.304 e. The van der Waals surface area contributed by atoms with Gasteiger partial charge in [-0.15, -0.1) is 0 Å². The van der Waals surface area contributed by atoms with Gasteiger partial charge in [0.05, 0.1) is 5.56 Å². The van der Waals surface area contributed by atoms with Crippen LogP contribution in [-0.2, 0) is 0 Å². The highest BCUT2D eigenvalue weighted by Crippen LogP contribution is 2.27. The number of fused-ring (bicyclic) bond motifs is 1. The second-order valence-corrected chi connectivity index (χ2v) is 4.33. The molecule has 5 heteroatoms. The van der Waals surface area contributed by atoms with Crippen molar-refractivity contribution >= 4 is 5.82 Å². The van der Waals surface area contributed by atoms with Crippen LogP contribution in [0.15, 0.2) is 10.9 Å². The van der Waals surface area contributed by atoms with E-state index in [2.05, 4.69) is 16.9 Å². The summed E-state index contributed by atoms with van der Waals surface area (Å²) in [5.41, 5.74) is 7.10. The molecule has 1 aliphatic rings. The van der Waals surface area contributed by atoms with Gasteiger partial charge >= 0.3 is 0 Å². The van der Waals surface area contributed by atoms with Gasteiger partial charge in [0.15, 0.2) is 0 Å². The number of aryl methyl sites for hydroxylation is 1. The normalized spacial score (nSPS) is 18.1. The summed E-state index contributed by atoms with van der Waals surface area (Å²) in [5.74, 6) is 0.840. The lowest BCUT2D eigenvalue weighted by molar-refractivity contribution is 0.354. The lowest BCUT2D eigenvalue weighted by Crippen LogP contribution is -2.31. The van der Waals surface area contributed by atoms with Crippen LogP contribution in [0.2, 0.25) is 0 Å². The van der Waals surface area contributed by atoms with Gasteiger partial charge in [-0.3, -0.25) is 9.36 Å². The molecule has 0 fully saturated rings. The summed E-state index contributed by atoms with van der Waals surface area (Å²) in [6, 6.07) is 3.63. The van der Waals surface area contributed by atoms with Crippen molar-refractivity contribution in [3.05, 3.63) is 27.5 Å². The summed E-state index contributed by atoms with van der Waals surface area (Å²) in [4.78, 5) is 11.9. The molecule has 0 spiro atoms. The second kappa shape index (κ2) is 3.65. The molecular formula is C11H14N4O. The van der Waals surface area contributed by atoms with Crippen molar-refractivity contribution in [1.29, 1.82) is 5.26 Å². The Labute approximate surface area is 93.7 Å². The minimum absolute atomic E-state index is 0.0808. The number of aromatic nitrogens is 1. The molecule has 1 unspecified atom stereocenters. The van der Waals surface area contributed by atoms with E-state index in [1.165, 1.54) is 6.07 Å². The third kappa shape index (κ3) is 1.39. The molecule has 0 saturated carbocycles. The summed E-state index contributed by atoms with van der Waals surface area (Å²) < 4.78 is 1.61. The number of nitrogens with one attached hydrogen (secondary N) is 2. The minimum atomic E-state index is -0.102. The first-order valence-corrected chi connectivity index (χ1v) is 5.24. The Morgan fingerprint density at radius 3 is 2.81 bits per heavy atom. The molecule has 1 aromatic heterocycles. The van der Waals surface area contributed by atoms with Crippen LogP contribution in [0.4, 0.5) is 5.82 Å². The first-order valence-electron chi connectivity index (χ1n) is 5.24. The third-order valence-electron chi connectivity index (χ3n) is 2.81. The molecule has 1 atom stereocenters. The Balaban J connectivity index is 2.70. The second-order valence-electron chi connectivity index (χ2n) is 4.33. The standard InChI is InChI=1S/C11H14N4O/c1-6(2)10-13-14-11-8(5-12)7(3)4-9(16)15(10)11/h4,6,10,13-14H,1-3H3. The van der Waals surface area contributed by atoms with E-state index in [-0.39, 0.29) is 17.6 Å². The van der Waals surface area contributed by atoms with Crippen LogP contribution in [-0.4, -0.2) is 4.57 Å². The molecule has 0 amide bonds. The quantitative estimate of drug-likeness (QED) is 0.741. The van der Waals surface area contributed by atoms with Crippen LogP contribution in [0.25, 0.3) is 0 Å². The summed E-state index contributed by atoms with van der Waals surface area (Å²) >= 11 is 0. The first-order chi connectivity index (χ1) is 7.56. The van der Waals surface area contributed by atoms with Crippen LogP contribution in [0.5, 0.6) is 0 Å². The first kappa shape index (κ1) is 10.7. The number of nitrogens with zero attached hydrogens (tertiary/aromatic N) is 2. The Bertz CT molecular complexity index is 524. The van der Waals surface area contributed by atoms with Gasteiger partial charge in [0.1, 0.15) is 18.1 Å². The van der Waals surface area contributed by atoms with E-state index < -0.39 is 0 Å². The molecule has 5 nitrogen and oxygen atoms in total. The lowest BCUT2D eigenvalue weighted by atomic mass is 10.1. The lowest BCUT2D eigenvalue weighted by Gasteiger charge is -2.16. The van der Waals surface area contributed by atoms with Crippen LogP contribution < -0.4 is 16.4 Å². The van der Waals surface area contributed by atoms with Gasteiger partial charge in [-0.05, 0) is 18.4 Å². The zero-order valence-electron chi connectivity index (χ0n) is 9.53. The maximum absolute atomic E-state index is 11.9. The van der Waals surface area contributed by atoms with E-state index in [0.717, 1.165) is 0 Å². The highest BCUT2D eigenvalue weighted by molar-refractivity contribution is 5.57. The maximum atomic E-state index is 11.9. The number of hydrogen-bond donors (Lipinski definition) is 2. The highest BCUT2D eigenvalue weighted by Gasteiger charge is 2.27. The van der Waals surface area contributed by atoms with Crippen LogP contribution >= 0.6 is 0 Å². The van der Waals surface area contributed by atoms with Gasteiger partial charge in [0.25, 0.3) is 5.56 Å². The molecule has 2 heterocycles. The number of anilines is 1. The van der Waals surface area contributed by atoms with Gasteiger partial charge in [0, 0.05) is 6.07 Å². The summed E-state index contributed by atoms with van der Waals surface area (Å²) in [5, 5.41) is 9.07. The van der Waals surface area contributed by atoms with Crippen molar-refractivity contribution in [3.8, 4) is 6.07 Å². The third-order valence-corrected chi connectivity index (χ3v) is 2.81. The van der Waals surface area contributed by atoms with E-state index in [1.54, 1.807) is 11.5 Å². The Hall–Kier alpha value is -1.80. The molecule has 2 rings (SSSR count). The number of hydrazine groups is 1. The monoisotopic (exact) mass is 218 g/mol. The fraction of sp³-hybridized carbons (Fsp3) is 0.455. The predicted molar refractivity (Wildman–Crippen MR) is 60.8 cm³/mol. The van der Waals surface area contributed by atoms with E-state index in [4.69, 9.17) is 5.26 Å². The van der Waals surface area contributed by atoms with Gasteiger partial charge in [-0.2, -0.15) is 5.26 Å². The molecule has 0 aliphatic carbocycles. The Kier molecular flexibility index (Phi) is 2.44. The molecule has 0 radical (unpaired) electrons. The summed E-state index contributed by atoms with van der Waals surface area (Å²) in [6.45, 7) is 5.81. The van der Waals surface area contributed by atoms with E-state index in [1.807, 2.05) is 13.8 Å². The zero-order valence-corrected chi connectivity index (χ0v) is 9.53. The predicted octanol–water partition coefficient (Wildman–Crippen LogP) is 1.11. The fourth-order valence-electron chi connectivity index (χ4n) is 1.96.